The lowest BCUT2D eigenvalue weighted by molar-refractivity contribution is 0.796. The number of fused-ring (bicyclic) bond motifs is 6. The zero-order valence-corrected chi connectivity index (χ0v) is 34.0. The number of thiophene rings is 1. The van der Waals surface area contributed by atoms with Crippen LogP contribution in [0.1, 0.15) is 25.3 Å². The Labute approximate surface area is 353 Å². The maximum absolute atomic E-state index is 5.14. The van der Waals surface area contributed by atoms with Gasteiger partial charge in [-0.25, -0.2) is 15.0 Å². The predicted molar refractivity (Wildman–Crippen MR) is 253 cm³/mol. The van der Waals surface area contributed by atoms with Crippen LogP contribution in [0.25, 0.3) is 104 Å². The predicted octanol–water partition coefficient (Wildman–Crippen LogP) is 15.0. The van der Waals surface area contributed by atoms with Crippen LogP contribution in [-0.2, 0) is 6.42 Å². The summed E-state index contributed by atoms with van der Waals surface area (Å²) in [6.07, 6.45) is 3.53. The molecule has 0 saturated carbocycles. The van der Waals surface area contributed by atoms with Gasteiger partial charge in [0, 0.05) is 53.2 Å². The molecular weight excluding hydrogens is 749 g/mol. The Morgan fingerprint density at radius 3 is 1.75 bits per heavy atom. The molecule has 11 aromatic rings. The summed E-state index contributed by atoms with van der Waals surface area (Å²) in [5.74, 6) is 1.91. The minimum absolute atomic E-state index is 0.624. The van der Waals surface area contributed by atoms with Crippen molar-refractivity contribution in [3.05, 3.63) is 194 Å². The summed E-state index contributed by atoms with van der Waals surface area (Å²) in [5.41, 5.74) is 12.3. The van der Waals surface area contributed by atoms with Crippen LogP contribution in [-0.4, -0.2) is 19.5 Å². The monoisotopic (exact) mass is 788 g/mol. The van der Waals surface area contributed by atoms with Crippen LogP contribution in [0.4, 0.5) is 0 Å². The molecule has 0 aliphatic carbocycles. The molecule has 0 aliphatic heterocycles. The highest BCUT2D eigenvalue weighted by atomic mass is 32.1. The fraction of sp³-hybridized carbons (Fsp3) is 0.0727. The summed E-state index contributed by atoms with van der Waals surface area (Å²) in [6, 6.07) is 67.3. The number of aryl methyl sites for hydroxylation is 1. The van der Waals surface area contributed by atoms with Crippen LogP contribution in [0.3, 0.4) is 0 Å². The fourth-order valence-corrected chi connectivity index (χ4v) is 9.96. The third-order valence-corrected chi connectivity index (χ3v) is 12.8. The van der Waals surface area contributed by atoms with Gasteiger partial charge in [0.1, 0.15) is 0 Å². The smallest absolute Gasteiger partial charge is 0.164 e. The van der Waals surface area contributed by atoms with Crippen molar-refractivity contribution in [1.82, 2.24) is 19.5 Å². The summed E-state index contributed by atoms with van der Waals surface area (Å²) in [6.45, 7) is 2.26. The lowest BCUT2D eigenvalue weighted by atomic mass is 9.99. The first kappa shape index (κ1) is 35.9. The number of nitrogens with zero attached hydrogens (tertiary/aromatic N) is 4. The van der Waals surface area contributed by atoms with Gasteiger partial charge in [0.15, 0.2) is 17.5 Å². The Balaban J connectivity index is 1.14. The van der Waals surface area contributed by atoms with E-state index >= 15 is 0 Å². The number of aromatic nitrogens is 4. The number of hydrogen-bond acceptors (Lipinski definition) is 4. The number of hydrogen-bond donors (Lipinski definition) is 0. The Morgan fingerprint density at radius 1 is 0.433 bits per heavy atom. The topological polar surface area (TPSA) is 43.6 Å². The molecule has 0 fully saturated rings. The fourth-order valence-electron chi connectivity index (χ4n) is 8.66. The average Bonchev–Trinajstić information content (AvgIpc) is 3.86. The molecule has 0 saturated heterocycles. The Bertz CT molecular complexity index is 3290. The van der Waals surface area contributed by atoms with Crippen molar-refractivity contribution in [1.29, 1.82) is 0 Å². The molecule has 60 heavy (non-hydrogen) atoms. The Morgan fingerprint density at radius 2 is 1.03 bits per heavy atom. The van der Waals surface area contributed by atoms with Gasteiger partial charge < -0.3 is 4.57 Å². The molecule has 0 N–H and O–H groups in total. The van der Waals surface area contributed by atoms with Crippen LogP contribution >= 0.6 is 11.3 Å². The largest absolute Gasteiger partial charge is 0.309 e. The highest BCUT2D eigenvalue weighted by molar-refractivity contribution is 7.26. The molecule has 0 unspecified atom stereocenters. The van der Waals surface area contributed by atoms with Crippen molar-refractivity contribution in [2.75, 3.05) is 0 Å². The lowest BCUT2D eigenvalue weighted by Gasteiger charge is -2.17. The Kier molecular flexibility index (Phi) is 9.09. The molecule has 0 bridgehead atoms. The first-order valence-electron chi connectivity index (χ1n) is 20.7. The van der Waals surface area contributed by atoms with Gasteiger partial charge in [0.2, 0.25) is 0 Å². The van der Waals surface area contributed by atoms with Crippen molar-refractivity contribution in [3.8, 4) is 62.1 Å². The van der Waals surface area contributed by atoms with Crippen LogP contribution in [0.5, 0.6) is 0 Å². The first-order chi connectivity index (χ1) is 29.7. The van der Waals surface area contributed by atoms with Crippen molar-refractivity contribution in [2.45, 2.75) is 26.2 Å². The van der Waals surface area contributed by atoms with Gasteiger partial charge in [-0.05, 0) is 59.4 Å². The second-order valence-corrected chi connectivity index (χ2v) is 16.5. The minimum atomic E-state index is 0.624. The van der Waals surface area contributed by atoms with E-state index in [1.54, 1.807) is 0 Å². The van der Waals surface area contributed by atoms with E-state index in [0.29, 0.717) is 17.5 Å². The SMILES string of the molecule is CCCCc1ccc2c(c1)sc1c(-c3ccc4c5ccccc5n(-c5cc(-c6nc(-c7ccccc7)nc(-c7ccccc7)n6)ccc5-c5ccccc5)c4c3)cccc12. The highest BCUT2D eigenvalue weighted by Crippen LogP contribution is 2.43. The third-order valence-electron chi connectivity index (χ3n) is 11.6. The van der Waals surface area contributed by atoms with Crippen molar-refractivity contribution in [3.63, 3.8) is 0 Å². The van der Waals surface area contributed by atoms with E-state index in [-0.39, 0.29) is 0 Å². The van der Waals surface area contributed by atoms with Gasteiger partial charge in [-0.1, -0.05) is 177 Å². The molecule has 0 radical (unpaired) electrons. The normalized spacial score (nSPS) is 11.6. The molecule has 5 heteroatoms. The van der Waals surface area contributed by atoms with Crippen molar-refractivity contribution >= 4 is 53.3 Å². The standard InChI is InChI=1S/C55H40N4S/c1-2-3-16-36-27-30-46-47-25-15-24-43(52(47)60-51(46)33-36)40-28-32-45-44-23-13-14-26-48(44)59(50(45)34-40)49-35-41(29-31-42(49)37-17-7-4-8-18-37)55-57-53(38-19-9-5-10-20-38)56-54(58-55)39-21-11-6-12-22-39/h4-15,17-35H,2-3,16H2,1H3. The maximum Gasteiger partial charge on any atom is 0.164 e. The van der Waals surface area contributed by atoms with E-state index in [1.165, 1.54) is 60.5 Å². The molecule has 0 spiro atoms. The van der Waals surface area contributed by atoms with E-state index < -0.39 is 0 Å². The molecule has 8 aromatic carbocycles. The lowest BCUT2D eigenvalue weighted by Crippen LogP contribution is -2.02. The van der Waals surface area contributed by atoms with Crippen LogP contribution in [0, 0.1) is 0 Å². The number of unbranched alkanes of at least 4 members (excludes halogenated alkanes) is 1. The summed E-state index contributed by atoms with van der Waals surface area (Å²) >= 11 is 1.91. The number of benzene rings is 8. The molecule has 3 aromatic heterocycles. The second-order valence-electron chi connectivity index (χ2n) is 15.4. The van der Waals surface area contributed by atoms with Crippen LogP contribution in [0.2, 0.25) is 0 Å². The number of rotatable bonds is 9. The molecular formula is C55H40N4S. The summed E-state index contributed by atoms with van der Waals surface area (Å²) in [7, 11) is 0. The van der Waals surface area contributed by atoms with Crippen molar-refractivity contribution < 1.29 is 0 Å². The van der Waals surface area contributed by atoms with Gasteiger partial charge in [-0.3, -0.25) is 0 Å². The van der Waals surface area contributed by atoms with Crippen LogP contribution < -0.4 is 0 Å². The van der Waals surface area contributed by atoms with Gasteiger partial charge in [0.25, 0.3) is 0 Å². The summed E-state index contributed by atoms with van der Waals surface area (Å²) in [4.78, 5) is 15.3. The van der Waals surface area contributed by atoms with Crippen molar-refractivity contribution in [2.24, 2.45) is 0 Å². The molecule has 11 rings (SSSR count). The molecule has 286 valence electrons. The van der Waals surface area contributed by atoms with Gasteiger partial charge in [0.05, 0.1) is 16.7 Å². The van der Waals surface area contributed by atoms with E-state index in [1.807, 2.05) is 47.7 Å². The van der Waals surface area contributed by atoms with E-state index in [2.05, 4.69) is 163 Å². The van der Waals surface area contributed by atoms with E-state index in [0.717, 1.165) is 51.0 Å². The molecule has 0 atom stereocenters. The summed E-state index contributed by atoms with van der Waals surface area (Å²) < 4.78 is 5.13. The van der Waals surface area contributed by atoms with E-state index in [4.69, 9.17) is 15.0 Å². The zero-order valence-electron chi connectivity index (χ0n) is 33.2. The van der Waals surface area contributed by atoms with Gasteiger partial charge in [-0.2, -0.15) is 0 Å². The quantitative estimate of drug-likeness (QED) is 0.146. The Hall–Kier alpha value is -7.21. The average molecular weight is 789 g/mol. The van der Waals surface area contributed by atoms with Gasteiger partial charge in [-0.15, -0.1) is 11.3 Å². The van der Waals surface area contributed by atoms with Gasteiger partial charge >= 0.3 is 0 Å². The first-order valence-corrected chi connectivity index (χ1v) is 21.6. The van der Waals surface area contributed by atoms with Crippen LogP contribution in [0.15, 0.2) is 188 Å². The third kappa shape index (κ3) is 6.35. The minimum Gasteiger partial charge on any atom is -0.309 e. The maximum atomic E-state index is 5.14. The summed E-state index contributed by atoms with van der Waals surface area (Å²) in [5, 5.41) is 5.07. The zero-order chi connectivity index (χ0) is 40.0. The second kappa shape index (κ2) is 15.2. The number of para-hydroxylation sites is 1. The molecule has 3 heterocycles. The molecule has 0 aliphatic rings. The van der Waals surface area contributed by atoms with E-state index in [9.17, 15) is 0 Å². The highest BCUT2D eigenvalue weighted by Gasteiger charge is 2.20. The molecule has 0 amide bonds. The molecule has 4 nitrogen and oxygen atoms in total.